The Morgan fingerprint density at radius 3 is 2.86 bits per heavy atom. The molecule has 76 valence electrons. The van der Waals surface area contributed by atoms with Gasteiger partial charge in [0.05, 0.1) is 19.2 Å². The molecule has 0 aliphatic rings. The molecule has 0 amide bonds. The Morgan fingerprint density at radius 2 is 2.29 bits per heavy atom. The number of hydrogen-bond acceptors (Lipinski definition) is 3. The maximum Gasteiger partial charge on any atom is 0.310 e. The first kappa shape index (κ1) is 11.0. The molecule has 0 unspecified atom stereocenters. The molecule has 0 bridgehead atoms. The summed E-state index contributed by atoms with van der Waals surface area (Å²) in [6, 6.07) is 2.64. The highest BCUT2D eigenvalue weighted by molar-refractivity contribution is 9.10. The summed E-state index contributed by atoms with van der Waals surface area (Å²) >= 11 is 3.14. The Bertz CT molecular complexity index is 368. The zero-order valence-corrected chi connectivity index (χ0v) is 9.10. The van der Waals surface area contributed by atoms with Crippen molar-refractivity contribution in [3.05, 3.63) is 28.0 Å². The lowest BCUT2D eigenvalue weighted by Crippen LogP contribution is -2.06. The van der Waals surface area contributed by atoms with Gasteiger partial charge in [0.25, 0.3) is 0 Å². The maximum absolute atomic E-state index is 12.9. The van der Waals surface area contributed by atoms with Crippen molar-refractivity contribution in [1.82, 2.24) is 0 Å². The number of benzene rings is 1. The van der Waals surface area contributed by atoms with E-state index in [1.54, 1.807) is 0 Å². The van der Waals surface area contributed by atoms with Crippen LogP contribution in [0.2, 0.25) is 0 Å². The first-order valence-electron chi connectivity index (χ1n) is 3.84. The lowest BCUT2D eigenvalue weighted by Gasteiger charge is -2.05. The number of methoxy groups -OCH3 is 1. The third-order valence-electron chi connectivity index (χ3n) is 1.73. The van der Waals surface area contributed by atoms with Crippen molar-refractivity contribution in [3.8, 4) is 0 Å². The average molecular weight is 262 g/mol. The van der Waals surface area contributed by atoms with Gasteiger partial charge < -0.3 is 10.5 Å². The van der Waals surface area contributed by atoms with Crippen molar-refractivity contribution in [1.29, 1.82) is 0 Å². The minimum Gasteiger partial charge on any atom is -0.469 e. The normalized spacial score (nSPS) is 9.93. The molecule has 0 aliphatic heterocycles. The molecular formula is C9H9BrFNO2. The minimum atomic E-state index is -0.509. The van der Waals surface area contributed by atoms with E-state index in [1.165, 1.54) is 19.2 Å². The molecule has 14 heavy (non-hydrogen) atoms. The second kappa shape index (κ2) is 4.41. The summed E-state index contributed by atoms with van der Waals surface area (Å²) in [4.78, 5) is 11.0. The molecule has 1 aromatic rings. The van der Waals surface area contributed by atoms with Gasteiger partial charge in [0.1, 0.15) is 5.82 Å². The van der Waals surface area contributed by atoms with Crippen LogP contribution in [0.5, 0.6) is 0 Å². The molecule has 0 spiro atoms. The van der Waals surface area contributed by atoms with E-state index >= 15 is 0 Å². The number of esters is 1. The van der Waals surface area contributed by atoms with Crippen LogP contribution in [0, 0.1) is 5.82 Å². The van der Waals surface area contributed by atoms with E-state index in [-0.39, 0.29) is 12.1 Å². The number of hydrogen-bond donors (Lipinski definition) is 1. The third-order valence-corrected chi connectivity index (χ3v) is 2.47. The molecule has 0 saturated carbocycles. The topological polar surface area (TPSA) is 52.3 Å². The Balaban J connectivity index is 2.98. The summed E-state index contributed by atoms with van der Waals surface area (Å²) in [5.74, 6) is -0.901. The molecule has 5 heteroatoms. The van der Waals surface area contributed by atoms with Crippen LogP contribution in [0.1, 0.15) is 5.56 Å². The van der Waals surface area contributed by atoms with E-state index in [1.807, 2.05) is 0 Å². The fourth-order valence-electron chi connectivity index (χ4n) is 0.976. The largest absolute Gasteiger partial charge is 0.469 e. The number of rotatable bonds is 2. The molecule has 0 aromatic heterocycles. The monoisotopic (exact) mass is 261 g/mol. The van der Waals surface area contributed by atoms with E-state index in [2.05, 4.69) is 20.7 Å². The molecular weight excluding hydrogens is 253 g/mol. The van der Waals surface area contributed by atoms with Gasteiger partial charge in [-0.2, -0.15) is 0 Å². The number of nitrogen functional groups attached to an aromatic ring is 1. The van der Waals surface area contributed by atoms with Crippen molar-refractivity contribution in [3.63, 3.8) is 0 Å². The first-order chi connectivity index (χ1) is 6.54. The molecule has 1 rings (SSSR count). The van der Waals surface area contributed by atoms with E-state index in [9.17, 15) is 9.18 Å². The maximum atomic E-state index is 12.9. The minimum absolute atomic E-state index is 0.0205. The van der Waals surface area contributed by atoms with Crippen LogP contribution in [0.3, 0.4) is 0 Å². The van der Waals surface area contributed by atoms with E-state index < -0.39 is 11.8 Å². The highest BCUT2D eigenvalue weighted by Crippen LogP contribution is 2.23. The Kier molecular flexibility index (Phi) is 3.46. The van der Waals surface area contributed by atoms with Crippen LogP contribution in [0.4, 0.5) is 10.1 Å². The highest BCUT2D eigenvalue weighted by Gasteiger charge is 2.09. The van der Waals surface area contributed by atoms with Gasteiger partial charge in [-0.15, -0.1) is 0 Å². The van der Waals surface area contributed by atoms with Crippen LogP contribution in [-0.2, 0) is 16.0 Å². The molecule has 0 aliphatic carbocycles. The van der Waals surface area contributed by atoms with Gasteiger partial charge in [-0.05, 0) is 17.7 Å². The number of ether oxygens (including phenoxy) is 1. The molecule has 0 heterocycles. The highest BCUT2D eigenvalue weighted by atomic mass is 79.9. The Morgan fingerprint density at radius 1 is 1.64 bits per heavy atom. The molecule has 2 N–H and O–H groups in total. The van der Waals surface area contributed by atoms with Gasteiger partial charge in [-0.1, -0.05) is 15.9 Å². The quantitative estimate of drug-likeness (QED) is 0.654. The predicted octanol–water partition coefficient (Wildman–Crippen LogP) is 1.89. The van der Waals surface area contributed by atoms with Gasteiger partial charge in [0.15, 0.2) is 0 Å². The third kappa shape index (κ3) is 2.45. The van der Waals surface area contributed by atoms with Crippen molar-refractivity contribution < 1.29 is 13.9 Å². The molecule has 0 radical (unpaired) electrons. The van der Waals surface area contributed by atoms with Crippen LogP contribution < -0.4 is 5.73 Å². The molecule has 0 atom stereocenters. The summed E-state index contributed by atoms with van der Waals surface area (Å²) in [5, 5.41) is 0. The van der Waals surface area contributed by atoms with Gasteiger partial charge in [-0.25, -0.2) is 4.39 Å². The van der Waals surface area contributed by atoms with Crippen LogP contribution in [0.25, 0.3) is 0 Å². The summed E-state index contributed by atoms with van der Waals surface area (Å²) in [5.41, 5.74) is 5.99. The number of anilines is 1. The zero-order valence-electron chi connectivity index (χ0n) is 7.51. The second-order valence-corrected chi connectivity index (χ2v) is 3.57. The number of carbonyl (C=O) groups excluding carboxylic acids is 1. The summed E-state index contributed by atoms with van der Waals surface area (Å²) in [6.07, 6.45) is 0.0710. The van der Waals surface area contributed by atoms with E-state index in [0.29, 0.717) is 10.0 Å². The van der Waals surface area contributed by atoms with Crippen LogP contribution >= 0.6 is 15.9 Å². The van der Waals surface area contributed by atoms with Crippen molar-refractivity contribution in [2.75, 3.05) is 12.8 Å². The predicted molar refractivity (Wildman–Crippen MR) is 54.2 cm³/mol. The fourth-order valence-corrected chi connectivity index (χ4v) is 1.43. The lowest BCUT2D eigenvalue weighted by molar-refractivity contribution is -0.139. The van der Waals surface area contributed by atoms with Gasteiger partial charge in [0, 0.05) is 4.47 Å². The second-order valence-electron chi connectivity index (χ2n) is 2.72. The van der Waals surface area contributed by atoms with Crippen molar-refractivity contribution >= 4 is 27.6 Å². The van der Waals surface area contributed by atoms with Crippen molar-refractivity contribution in [2.24, 2.45) is 0 Å². The summed E-state index contributed by atoms with van der Waals surface area (Å²) in [7, 11) is 1.29. The Labute approximate surface area is 89.2 Å². The number of carbonyl (C=O) groups is 1. The molecule has 3 nitrogen and oxygen atoms in total. The molecule has 1 aromatic carbocycles. The molecule has 0 saturated heterocycles. The summed E-state index contributed by atoms with van der Waals surface area (Å²) in [6.45, 7) is 0. The molecule has 0 fully saturated rings. The van der Waals surface area contributed by atoms with Gasteiger partial charge >= 0.3 is 5.97 Å². The first-order valence-corrected chi connectivity index (χ1v) is 4.64. The number of halogens is 2. The lowest BCUT2D eigenvalue weighted by atomic mass is 10.1. The Hall–Kier alpha value is -1.10. The van der Waals surface area contributed by atoms with Crippen LogP contribution in [0.15, 0.2) is 16.6 Å². The SMILES string of the molecule is COC(=O)Cc1cc(N)c(F)cc1Br. The smallest absolute Gasteiger partial charge is 0.310 e. The van der Waals surface area contributed by atoms with Gasteiger partial charge in [0.2, 0.25) is 0 Å². The van der Waals surface area contributed by atoms with Gasteiger partial charge in [-0.3, -0.25) is 4.79 Å². The fraction of sp³-hybridized carbons (Fsp3) is 0.222. The summed E-state index contributed by atoms with van der Waals surface area (Å²) < 4.78 is 17.9. The standard InChI is InChI=1S/C9H9BrFNO2/c1-14-9(13)3-5-2-8(12)7(11)4-6(5)10/h2,4H,3,12H2,1H3. The average Bonchev–Trinajstić information content (AvgIpc) is 2.14. The van der Waals surface area contributed by atoms with E-state index in [0.717, 1.165) is 0 Å². The zero-order chi connectivity index (χ0) is 10.7. The van der Waals surface area contributed by atoms with E-state index in [4.69, 9.17) is 5.73 Å². The number of nitrogens with two attached hydrogens (primary N) is 1. The van der Waals surface area contributed by atoms with Crippen molar-refractivity contribution in [2.45, 2.75) is 6.42 Å². The van der Waals surface area contributed by atoms with Crippen LogP contribution in [-0.4, -0.2) is 13.1 Å².